The van der Waals surface area contributed by atoms with Crippen LogP contribution in [0.4, 0.5) is 8.78 Å². The Hall–Kier alpha value is -0.680. The number of benzene rings is 1. The Labute approximate surface area is 114 Å². The van der Waals surface area contributed by atoms with E-state index in [1.165, 1.54) is 6.07 Å². The summed E-state index contributed by atoms with van der Waals surface area (Å²) in [5.74, 6) is -1.86. The van der Waals surface area contributed by atoms with Crippen LogP contribution in [0, 0.1) is 17.0 Å². The molecular weight excluding hydrogens is 304 g/mol. The van der Waals surface area contributed by atoms with E-state index in [4.69, 9.17) is 4.74 Å². The Morgan fingerprint density at radius 1 is 1.39 bits per heavy atom. The minimum atomic E-state index is -0.929. The molecular formula is C13H16BrF2NO. The molecule has 0 aromatic heterocycles. The topological polar surface area (TPSA) is 21.3 Å². The number of hydrogen-bond donors (Lipinski definition) is 1. The van der Waals surface area contributed by atoms with Gasteiger partial charge in [0.25, 0.3) is 0 Å². The predicted octanol–water partition coefficient (Wildman–Crippen LogP) is 3.49. The summed E-state index contributed by atoms with van der Waals surface area (Å²) in [7, 11) is 1.89. The van der Waals surface area contributed by atoms with Gasteiger partial charge in [0, 0.05) is 22.4 Å². The van der Waals surface area contributed by atoms with Crippen LogP contribution in [-0.4, -0.2) is 19.2 Å². The highest BCUT2D eigenvalue weighted by Crippen LogP contribution is 2.43. The Morgan fingerprint density at radius 3 is 2.61 bits per heavy atom. The van der Waals surface area contributed by atoms with Gasteiger partial charge in [0.05, 0.1) is 0 Å². The molecule has 0 bridgehead atoms. The molecule has 0 aliphatic heterocycles. The highest BCUT2D eigenvalue weighted by atomic mass is 79.9. The molecule has 1 aliphatic carbocycles. The van der Waals surface area contributed by atoms with Crippen molar-refractivity contribution in [1.29, 1.82) is 0 Å². The van der Waals surface area contributed by atoms with Crippen LogP contribution in [0.25, 0.3) is 0 Å². The number of rotatable bonds is 3. The largest absolute Gasteiger partial charge is 0.487 e. The fourth-order valence-corrected chi connectivity index (χ4v) is 2.76. The number of ether oxygens (including phenoxy) is 1. The van der Waals surface area contributed by atoms with Crippen molar-refractivity contribution in [1.82, 2.24) is 5.32 Å². The fourth-order valence-electron chi connectivity index (χ4n) is 2.35. The van der Waals surface area contributed by atoms with E-state index < -0.39 is 11.6 Å². The molecule has 2 unspecified atom stereocenters. The average molecular weight is 320 g/mol. The summed E-state index contributed by atoms with van der Waals surface area (Å²) in [5, 5.41) is 3.19. The molecule has 1 fully saturated rings. The van der Waals surface area contributed by atoms with Crippen LogP contribution >= 0.6 is 15.9 Å². The van der Waals surface area contributed by atoms with Crippen molar-refractivity contribution in [2.24, 2.45) is 5.41 Å². The van der Waals surface area contributed by atoms with Crippen LogP contribution in [0.3, 0.4) is 0 Å². The number of nitrogens with one attached hydrogen (secondary N) is 1. The van der Waals surface area contributed by atoms with Crippen LogP contribution in [0.5, 0.6) is 5.75 Å². The second-order valence-corrected chi connectivity index (χ2v) is 6.12. The van der Waals surface area contributed by atoms with Gasteiger partial charge >= 0.3 is 0 Å². The molecule has 1 N–H and O–H groups in total. The average Bonchev–Trinajstić information content (AvgIpc) is 2.29. The van der Waals surface area contributed by atoms with Crippen LogP contribution in [0.1, 0.15) is 20.3 Å². The molecule has 1 aromatic carbocycles. The van der Waals surface area contributed by atoms with Crippen molar-refractivity contribution in [3.05, 3.63) is 28.2 Å². The first-order chi connectivity index (χ1) is 8.36. The van der Waals surface area contributed by atoms with Crippen molar-refractivity contribution in [2.45, 2.75) is 32.4 Å². The van der Waals surface area contributed by atoms with Gasteiger partial charge < -0.3 is 10.1 Å². The van der Waals surface area contributed by atoms with Crippen molar-refractivity contribution in [3.8, 4) is 5.75 Å². The van der Waals surface area contributed by atoms with Crippen molar-refractivity contribution in [3.63, 3.8) is 0 Å². The SMILES string of the molecule is CNC1CC(Oc2cc(Br)cc(F)c2F)C1(C)C. The van der Waals surface area contributed by atoms with Crippen LogP contribution in [-0.2, 0) is 0 Å². The van der Waals surface area contributed by atoms with Gasteiger partial charge in [-0.2, -0.15) is 4.39 Å². The summed E-state index contributed by atoms with van der Waals surface area (Å²) < 4.78 is 32.9. The molecule has 2 atom stereocenters. The third-order valence-electron chi connectivity index (χ3n) is 3.76. The minimum Gasteiger partial charge on any atom is -0.487 e. The third kappa shape index (κ3) is 2.26. The van der Waals surface area contributed by atoms with Crippen LogP contribution < -0.4 is 10.1 Å². The molecule has 1 aromatic rings. The molecule has 0 saturated heterocycles. The maximum atomic E-state index is 13.6. The van der Waals surface area contributed by atoms with Gasteiger partial charge in [0.2, 0.25) is 5.82 Å². The lowest BCUT2D eigenvalue weighted by Crippen LogP contribution is -2.61. The lowest BCUT2D eigenvalue weighted by atomic mass is 9.64. The van der Waals surface area contributed by atoms with Gasteiger partial charge in [0.1, 0.15) is 6.10 Å². The summed E-state index contributed by atoms with van der Waals surface area (Å²) in [5.41, 5.74) is -0.0972. The van der Waals surface area contributed by atoms with Gasteiger partial charge in [-0.05, 0) is 19.2 Å². The van der Waals surface area contributed by atoms with E-state index in [9.17, 15) is 8.78 Å². The van der Waals surface area contributed by atoms with E-state index in [1.54, 1.807) is 0 Å². The first-order valence-electron chi connectivity index (χ1n) is 5.84. The highest BCUT2D eigenvalue weighted by Gasteiger charge is 2.49. The van der Waals surface area contributed by atoms with E-state index in [0.29, 0.717) is 10.5 Å². The zero-order valence-corrected chi connectivity index (χ0v) is 12.1. The Balaban J connectivity index is 2.17. The smallest absolute Gasteiger partial charge is 0.200 e. The molecule has 2 nitrogen and oxygen atoms in total. The molecule has 100 valence electrons. The van der Waals surface area contributed by atoms with Crippen LogP contribution in [0.2, 0.25) is 0 Å². The first kappa shape index (κ1) is 13.7. The first-order valence-corrected chi connectivity index (χ1v) is 6.64. The van der Waals surface area contributed by atoms with Crippen molar-refractivity contribution >= 4 is 15.9 Å². The summed E-state index contributed by atoms with van der Waals surface area (Å²) >= 11 is 3.13. The Bertz CT molecular complexity index is 465. The Kier molecular flexibility index (Phi) is 3.65. The highest BCUT2D eigenvalue weighted by molar-refractivity contribution is 9.10. The molecule has 1 aliphatic rings. The molecule has 0 radical (unpaired) electrons. The van der Waals surface area contributed by atoms with Crippen molar-refractivity contribution in [2.75, 3.05) is 7.05 Å². The van der Waals surface area contributed by atoms with Gasteiger partial charge in [-0.15, -0.1) is 0 Å². The molecule has 1 saturated carbocycles. The lowest BCUT2D eigenvalue weighted by Gasteiger charge is -2.51. The standard InChI is InChI=1S/C13H16BrF2NO/c1-13(2)10(17-3)6-11(13)18-9-5-7(14)4-8(15)12(9)16/h4-5,10-11,17H,6H2,1-3H3. The van der Waals surface area contributed by atoms with Crippen molar-refractivity contribution < 1.29 is 13.5 Å². The fraction of sp³-hybridized carbons (Fsp3) is 0.538. The van der Waals surface area contributed by atoms with Crippen LogP contribution in [0.15, 0.2) is 16.6 Å². The van der Waals surface area contributed by atoms with Gasteiger partial charge in [0.15, 0.2) is 11.6 Å². The summed E-state index contributed by atoms with van der Waals surface area (Å²) in [6.07, 6.45) is 0.676. The quantitative estimate of drug-likeness (QED) is 0.861. The Morgan fingerprint density at radius 2 is 2.06 bits per heavy atom. The van der Waals surface area contributed by atoms with Gasteiger partial charge in [-0.3, -0.25) is 0 Å². The monoisotopic (exact) mass is 319 g/mol. The second kappa shape index (κ2) is 4.78. The molecule has 0 amide bonds. The summed E-state index contributed by atoms with van der Waals surface area (Å²) in [6.45, 7) is 4.10. The maximum absolute atomic E-state index is 13.6. The third-order valence-corrected chi connectivity index (χ3v) is 4.21. The second-order valence-electron chi connectivity index (χ2n) is 5.20. The predicted molar refractivity (Wildman–Crippen MR) is 69.7 cm³/mol. The molecule has 5 heteroatoms. The normalized spacial score (nSPS) is 25.7. The number of halogens is 3. The minimum absolute atomic E-state index is 0.0329. The maximum Gasteiger partial charge on any atom is 0.200 e. The number of hydrogen-bond acceptors (Lipinski definition) is 2. The zero-order chi connectivity index (χ0) is 13.5. The lowest BCUT2D eigenvalue weighted by molar-refractivity contribution is -0.0541. The zero-order valence-electron chi connectivity index (χ0n) is 10.6. The molecule has 18 heavy (non-hydrogen) atoms. The van der Waals surface area contributed by atoms with E-state index in [1.807, 2.05) is 7.05 Å². The van der Waals surface area contributed by atoms with Gasteiger partial charge in [-0.25, -0.2) is 4.39 Å². The summed E-state index contributed by atoms with van der Waals surface area (Å²) in [4.78, 5) is 0. The van der Waals surface area contributed by atoms with Gasteiger partial charge in [-0.1, -0.05) is 29.8 Å². The van der Waals surface area contributed by atoms with E-state index in [2.05, 4.69) is 35.1 Å². The molecule has 2 rings (SSSR count). The van der Waals surface area contributed by atoms with E-state index in [-0.39, 0.29) is 17.3 Å². The molecule has 0 spiro atoms. The molecule has 0 heterocycles. The van der Waals surface area contributed by atoms with E-state index >= 15 is 0 Å². The summed E-state index contributed by atoms with van der Waals surface area (Å²) in [6, 6.07) is 2.88. The van der Waals surface area contributed by atoms with E-state index in [0.717, 1.165) is 12.5 Å².